The summed E-state index contributed by atoms with van der Waals surface area (Å²) in [4.78, 5) is 14.7. The summed E-state index contributed by atoms with van der Waals surface area (Å²) in [6, 6.07) is 0. The molecule has 0 aromatic carbocycles. The van der Waals surface area contributed by atoms with Gasteiger partial charge in [-0.1, -0.05) is 6.08 Å². The van der Waals surface area contributed by atoms with Gasteiger partial charge >= 0.3 is 5.97 Å². The van der Waals surface area contributed by atoms with Crippen LogP contribution in [0, 0.1) is 0 Å². The van der Waals surface area contributed by atoms with Gasteiger partial charge in [0.2, 0.25) is 0 Å². The van der Waals surface area contributed by atoms with E-state index < -0.39 is 18.2 Å². The van der Waals surface area contributed by atoms with Crippen molar-refractivity contribution in [3.63, 3.8) is 0 Å². The van der Waals surface area contributed by atoms with Gasteiger partial charge in [0.1, 0.15) is 12.2 Å². The molecule has 0 aliphatic carbocycles. The van der Waals surface area contributed by atoms with Crippen molar-refractivity contribution in [1.82, 2.24) is 0 Å². The number of nitrogens with zero attached hydrogens (tertiary/aromatic N) is 1. The molecule has 0 bridgehead atoms. The molecule has 0 saturated heterocycles. The average molecular weight is 318 g/mol. The number of hydrogen-bond donors (Lipinski definition) is 3. The fourth-order valence-corrected chi connectivity index (χ4v) is 1.04. The lowest BCUT2D eigenvalue weighted by molar-refractivity contribution is -0.142. The quantitative estimate of drug-likeness (QED) is 0.377. The minimum atomic E-state index is -1.37. The SMILES string of the molecule is CC(N)=NCC/C(=C/C[C@](C)(N)C(=O)O)CF.Cl.Cl. The van der Waals surface area contributed by atoms with Gasteiger partial charge in [-0.05, 0) is 32.3 Å². The molecule has 5 N–H and O–H groups in total. The third-order valence-corrected chi connectivity index (χ3v) is 2.27. The maximum absolute atomic E-state index is 12.6. The van der Waals surface area contributed by atoms with Crippen LogP contribution in [0.1, 0.15) is 26.7 Å². The number of halogens is 3. The number of alkyl halides is 1. The van der Waals surface area contributed by atoms with E-state index in [1.54, 1.807) is 6.92 Å². The molecule has 0 aliphatic rings. The molecule has 0 rings (SSSR count). The topological polar surface area (TPSA) is 102 Å². The van der Waals surface area contributed by atoms with Crippen molar-refractivity contribution in [2.24, 2.45) is 16.5 Å². The number of carboxylic acids is 1. The highest BCUT2D eigenvalue weighted by molar-refractivity contribution is 5.85. The van der Waals surface area contributed by atoms with Gasteiger partial charge < -0.3 is 16.6 Å². The highest BCUT2D eigenvalue weighted by Crippen LogP contribution is 2.11. The molecule has 0 aliphatic heterocycles. The molecule has 0 fully saturated rings. The van der Waals surface area contributed by atoms with Crippen molar-refractivity contribution in [3.8, 4) is 0 Å². The van der Waals surface area contributed by atoms with Gasteiger partial charge in [-0.25, -0.2) is 4.39 Å². The standard InChI is InChI=1S/C11H20FN3O2.2ClH/c1-8(13)15-6-4-9(7-12)3-5-11(2,14)10(16)17;;/h3H,4-7,14H2,1-2H3,(H2,13,15)(H,16,17);2*1H/b9-3-;;/t11-;;/m0../s1. The van der Waals surface area contributed by atoms with Crippen LogP contribution in [0.3, 0.4) is 0 Å². The van der Waals surface area contributed by atoms with Gasteiger partial charge in [-0.15, -0.1) is 24.8 Å². The Labute approximate surface area is 125 Å². The molecular weight excluding hydrogens is 296 g/mol. The lowest BCUT2D eigenvalue weighted by Gasteiger charge is -2.17. The summed E-state index contributed by atoms with van der Waals surface area (Å²) in [7, 11) is 0. The van der Waals surface area contributed by atoms with Crippen LogP contribution in [0.25, 0.3) is 0 Å². The minimum absolute atomic E-state index is 0. The number of aliphatic carboxylic acids is 1. The van der Waals surface area contributed by atoms with Gasteiger partial charge in [-0.3, -0.25) is 9.79 Å². The van der Waals surface area contributed by atoms with Crippen LogP contribution in [0.2, 0.25) is 0 Å². The first kappa shape index (κ1) is 23.3. The summed E-state index contributed by atoms with van der Waals surface area (Å²) in [5.41, 5.74) is 9.99. The Hall–Kier alpha value is -0.850. The average Bonchev–Trinajstić information content (AvgIpc) is 2.22. The first-order chi connectivity index (χ1) is 7.79. The maximum Gasteiger partial charge on any atom is 0.323 e. The molecule has 0 aromatic rings. The van der Waals surface area contributed by atoms with E-state index >= 15 is 0 Å². The van der Waals surface area contributed by atoms with Crippen LogP contribution >= 0.6 is 24.8 Å². The summed E-state index contributed by atoms with van der Waals surface area (Å²) in [6.45, 7) is 2.81. The van der Waals surface area contributed by atoms with Gasteiger partial charge in [0.25, 0.3) is 0 Å². The Morgan fingerprint density at radius 2 is 2.00 bits per heavy atom. The molecule has 0 amide bonds. The monoisotopic (exact) mass is 317 g/mol. The molecule has 0 heterocycles. The first-order valence-electron chi connectivity index (χ1n) is 5.32. The molecule has 0 spiro atoms. The number of carbonyl (C=O) groups is 1. The molecule has 19 heavy (non-hydrogen) atoms. The Balaban J connectivity index is -0.00000128. The van der Waals surface area contributed by atoms with E-state index in [1.807, 2.05) is 0 Å². The second kappa shape index (κ2) is 11.0. The predicted octanol–water partition coefficient (Wildman–Crippen LogP) is 1.69. The van der Waals surface area contributed by atoms with Crippen molar-refractivity contribution < 1.29 is 14.3 Å². The van der Waals surface area contributed by atoms with Gasteiger partial charge in [0.15, 0.2) is 0 Å². The third-order valence-electron chi connectivity index (χ3n) is 2.27. The highest BCUT2D eigenvalue weighted by atomic mass is 35.5. The van der Waals surface area contributed by atoms with Gasteiger partial charge in [-0.2, -0.15) is 0 Å². The lowest BCUT2D eigenvalue weighted by Crippen LogP contribution is -2.44. The van der Waals surface area contributed by atoms with Crippen LogP contribution in [0.5, 0.6) is 0 Å². The fourth-order valence-electron chi connectivity index (χ4n) is 1.04. The second-order valence-corrected chi connectivity index (χ2v) is 4.20. The molecule has 0 aromatic heterocycles. The van der Waals surface area contributed by atoms with Crippen molar-refractivity contribution in [2.75, 3.05) is 13.2 Å². The number of amidine groups is 1. The zero-order chi connectivity index (χ0) is 13.5. The summed E-state index contributed by atoms with van der Waals surface area (Å²) in [5.74, 6) is -0.666. The van der Waals surface area contributed by atoms with E-state index in [-0.39, 0.29) is 31.2 Å². The van der Waals surface area contributed by atoms with Crippen LogP contribution < -0.4 is 11.5 Å². The van der Waals surface area contributed by atoms with Gasteiger partial charge in [0.05, 0.1) is 5.84 Å². The van der Waals surface area contributed by atoms with E-state index in [0.29, 0.717) is 24.4 Å². The Bertz CT molecular complexity index is 330. The normalized spacial score (nSPS) is 14.9. The van der Waals surface area contributed by atoms with Crippen molar-refractivity contribution in [1.29, 1.82) is 0 Å². The van der Waals surface area contributed by atoms with Crippen molar-refractivity contribution in [3.05, 3.63) is 11.6 Å². The van der Waals surface area contributed by atoms with Crippen LogP contribution in [0.4, 0.5) is 4.39 Å². The van der Waals surface area contributed by atoms with Gasteiger partial charge in [0, 0.05) is 6.54 Å². The molecule has 0 radical (unpaired) electrons. The molecule has 114 valence electrons. The summed E-state index contributed by atoms with van der Waals surface area (Å²) in [6.07, 6.45) is 2.03. The zero-order valence-electron chi connectivity index (χ0n) is 11.1. The third kappa shape index (κ3) is 10.7. The van der Waals surface area contributed by atoms with Crippen molar-refractivity contribution in [2.45, 2.75) is 32.2 Å². The molecule has 1 atom stereocenters. The Kier molecular flexibility index (Phi) is 13.5. The largest absolute Gasteiger partial charge is 0.480 e. The first-order valence-corrected chi connectivity index (χ1v) is 5.32. The number of aliphatic imine (C=N–C) groups is 1. The number of nitrogens with two attached hydrogens (primary N) is 2. The van der Waals surface area contributed by atoms with E-state index in [2.05, 4.69) is 4.99 Å². The highest BCUT2D eigenvalue weighted by Gasteiger charge is 2.26. The molecule has 0 unspecified atom stereocenters. The number of rotatable bonds is 7. The van der Waals surface area contributed by atoms with E-state index in [0.717, 1.165) is 0 Å². The van der Waals surface area contributed by atoms with E-state index in [4.69, 9.17) is 16.6 Å². The minimum Gasteiger partial charge on any atom is -0.480 e. The van der Waals surface area contributed by atoms with Crippen LogP contribution in [-0.2, 0) is 4.79 Å². The Morgan fingerprint density at radius 3 is 2.37 bits per heavy atom. The number of carboxylic acid groups (broad SMARTS) is 1. The Morgan fingerprint density at radius 1 is 1.47 bits per heavy atom. The predicted molar refractivity (Wildman–Crippen MR) is 80.2 cm³/mol. The molecular formula is C11H22Cl2FN3O2. The fraction of sp³-hybridized carbons (Fsp3) is 0.636. The molecule has 5 nitrogen and oxygen atoms in total. The van der Waals surface area contributed by atoms with E-state index in [9.17, 15) is 9.18 Å². The van der Waals surface area contributed by atoms with Crippen LogP contribution in [-0.4, -0.2) is 35.7 Å². The summed E-state index contributed by atoms with van der Waals surface area (Å²) in [5, 5.41) is 8.79. The smallest absolute Gasteiger partial charge is 0.323 e. The summed E-state index contributed by atoms with van der Waals surface area (Å²) < 4.78 is 12.6. The lowest BCUT2D eigenvalue weighted by atomic mass is 9.97. The zero-order valence-corrected chi connectivity index (χ0v) is 12.7. The van der Waals surface area contributed by atoms with Crippen molar-refractivity contribution >= 4 is 36.6 Å². The molecule has 8 heteroatoms. The number of hydrogen-bond acceptors (Lipinski definition) is 3. The maximum atomic E-state index is 12.6. The second-order valence-electron chi connectivity index (χ2n) is 4.20. The summed E-state index contributed by atoms with van der Waals surface area (Å²) >= 11 is 0. The van der Waals surface area contributed by atoms with E-state index in [1.165, 1.54) is 13.0 Å². The molecule has 0 saturated carbocycles. The van der Waals surface area contributed by atoms with Crippen LogP contribution in [0.15, 0.2) is 16.6 Å².